The monoisotopic (exact) mass is 741 g/mol. The van der Waals surface area contributed by atoms with E-state index in [0.29, 0.717) is 19.4 Å². The minimum absolute atomic E-state index is 0.157. The van der Waals surface area contributed by atoms with Crippen molar-refractivity contribution >= 4 is 41.4 Å². The van der Waals surface area contributed by atoms with Gasteiger partial charge in [0.25, 0.3) is 0 Å². The molecule has 0 unspecified atom stereocenters. The molecular formula is C36H68N8O8. The predicted molar refractivity (Wildman–Crippen MR) is 199 cm³/mol. The Kier molecular flexibility index (Phi) is 21.3. The Bertz CT molecular complexity index is 1210. The van der Waals surface area contributed by atoms with E-state index >= 15 is 0 Å². The topological polar surface area (TPSA) is 264 Å². The van der Waals surface area contributed by atoms with Crippen molar-refractivity contribution in [1.29, 1.82) is 0 Å². The highest BCUT2D eigenvalue weighted by Gasteiger charge is 2.37. The molecule has 16 nitrogen and oxygen atoms in total. The lowest BCUT2D eigenvalue weighted by molar-refractivity contribution is -0.143. The van der Waals surface area contributed by atoms with E-state index in [-0.39, 0.29) is 18.3 Å². The smallest absolute Gasteiger partial charge is 0.326 e. The zero-order chi connectivity index (χ0) is 40.6. The van der Waals surface area contributed by atoms with Crippen LogP contribution in [0, 0.1) is 35.5 Å². The van der Waals surface area contributed by atoms with Gasteiger partial charge < -0.3 is 48.5 Å². The summed E-state index contributed by atoms with van der Waals surface area (Å²) in [6.07, 6.45) is 1.26. The number of nitrogens with one attached hydrogen (secondary N) is 6. The fraction of sp³-hybridized carbons (Fsp3) is 0.806. The van der Waals surface area contributed by atoms with Crippen LogP contribution in [-0.4, -0.2) is 95.4 Å². The molecule has 0 rings (SSSR count). The SMILES string of the molecule is CC(C)[C@H](N)C(=O)N[C@H](C(=O)N[C@H](C(=O)N[C@H](C(=O)N[C@H](C(=O)N[C@H](C(=O)N[C@@H](CCCCN)C(=O)O)C(C)C)C(C)C)C(C)C)C(C)C)C(C)C. The molecule has 11 N–H and O–H groups in total. The van der Waals surface area contributed by atoms with Gasteiger partial charge in [-0.05, 0) is 61.3 Å². The molecule has 16 heteroatoms. The van der Waals surface area contributed by atoms with E-state index in [1.165, 1.54) is 0 Å². The summed E-state index contributed by atoms with van der Waals surface area (Å²) in [5.74, 6) is -7.09. The van der Waals surface area contributed by atoms with E-state index in [4.69, 9.17) is 11.5 Å². The highest BCUT2D eigenvalue weighted by molar-refractivity contribution is 5.97. The van der Waals surface area contributed by atoms with Crippen LogP contribution in [0.2, 0.25) is 0 Å². The fourth-order valence-electron chi connectivity index (χ4n) is 5.21. The average Bonchev–Trinajstić information content (AvgIpc) is 3.03. The quantitative estimate of drug-likeness (QED) is 0.0650. The van der Waals surface area contributed by atoms with Gasteiger partial charge in [0.05, 0.1) is 6.04 Å². The molecule has 0 aromatic heterocycles. The fourth-order valence-corrected chi connectivity index (χ4v) is 5.21. The molecule has 0 spiro atoms. The molecule has 0 aliphatic heterocycles. The third-order valence-electron chi connectivity index (χ3n) is 8.82. The summed E-state index contributed by atoms with van der Waals surface area (Å²) < 4.78 is 0. The summed E-state index contributed by atoms with van der Waals surface area (Å²) in [5, 5.41) is 25.6. The standard InChI is InChI=1S/C36H68N8O8/c1-17(2)24(38)30(45)40-26(19(5)6)32(47)42-28(21(9)10)34(49)44-29(22(11)12)35(50)43-27(20(7)8)33(48)41-25(18(3)4)31(46)39-23(36(51)52)15-13-14-16-37/h17-29H,13-16,37-38H2,1-12H3,(H,39,46)(H,40,45)(H,41,48)(H,42,47)(H,43,50)(H,44,49)(H,51,52)/t23-,24-,25-,26-,27-,28-,29-/m0/s1. The van der Waals surface area contributed by atoms with Crippen LogP contribution in [0.5, 0.6) is 0 Å². The van der Waals surface area contributed by atoms with Crippen molar-refractivity contribution in [3.63, 3.8) is 0 Å². The number of rotatable bonds is 23. The Morgan fingerprint density at radius 1 is 0.442 bits per heavy atom. The molecule has 0 aromatic rings. The van der Waals surface area contributed by atoms with Gasteiger partial charge in [-0.3, -0.25) is 28.8 Å². The minimum atomic E-state index is -1.20. The first-order valence-electron chi connectivity index (χ1n) is 18.5. The van der Waals surface area contributed by atoms with Crippen LogP contribution in [0.25, 0.3) is 0 Å². The highest BCUT2D eigenvalue weighted by atomic mass is 16.4. The molecule has 0 fully saturated rings. The molecule has 0 saturated heterocycles. The van der Waals surface area contributed by atoms with Gasteiger partial charge in [0, 0.05) is 0 Å². The molecule has 0 heterocycles. The van der Waals surface area contributed by atoms with Crippen molar-refractivity contribution in [2.45, 2.75) is 145 Å². The molecule has 300 valence electrons. The van der Waals surface area contributed by atoms with Crippen LogP contribution in [0.4, 0.5) is 0 Å². The van der Waals surface area contributed by atoms with Gasteiger partial charge in [0.15, 0.2) is 0 Å². The zero-order valence-corrected chi connectivity index (χ0v) is 33.3. The van der Waals surface area contributed by atoms with Crippen LogP contribution in [0.1, 0.15) is 102 Å². The predicted octanol–water partition coefficient (Wildman–Crippen LogP) is 0.372. The molecule has 0 bridgehead atoms. The van der Waals surface area contributed by atoms with Crippen molar-refractivity contribution in [2.75, 3.05) is 6.54 Å². The third kappa shape index (κ3) is 15.8. The van der Waals surface area contributed by atoms with Gasteiger partial charge in [-0.15, -0.1) is 0 Å². The number of carbonyl (C=O) groups excluding carboxylic acids is 6. The van der Waals surface area contributed by atoms with Crippen LogP contribution in [0.15, 0.2) is 0 Å². The number of carboxylic acids is 1. The van der Waals surface area contributed by atoms with Gasteiger partial charge >= 0.3 is 5.97 Å². The number of nitrogens with two attached hydrogens (primary N) is 2. The average molecular weight is 741 g/mol. The molecule has 0 saturated carbocycles. The zero-order valence-electron chi connectivity index (χ0n) is 33.3. The number of amides is 6. The maximum atomic E-state index is 13.7. The van der Waals surface area contributed by atoms with E-state index < -0.39 is 107 Å². The number of unbranched alkanes of at least 4 members (excludes halogenated alkanes) is 1. The summed E-state index contributed by atoms with van der Waals surface area (Å²) in [6.45, 7) is 21.2. The molecule has 6 amide bonds. The van der Waals surface area contributed by atoms with E-state index in [2.05, 4.69) is 31.9 Å². The summed E-state index contributed by atoms with van der Waals surface area (Å²) in [7, 11) is 0. The van der Waals surface area contributed by atoms with Crippen molar-refractivity contribution in [1.82, 2.24) is 31.9 Å². The summed E-state index contributed by atoms with van der Waals surface area (Å²) >= 11 is 0. The van der Waals surface area contributed by atoms with Gasteiger partial charge in [-0.25, -0.2) is 4.79 Å². The largest absolute Gasteiger partial charge is 0.480 e. The first-order valence-corrected chi connectivity index (χ1v) is 18.5. The van der Waals surface area contributed by atoms with Crippen LogP contribution in [-0.2, 0) is 33.6 Å². The first kappa shape index (κ1) is 48.2. The molecule has 0 aromatic carbocycles. The van der Waals surface area contributed by atoms with Crippen molar-refractivity contribution in [3.05, 3.63) is 0 Å². The lowest BCUT2D eigenvalue weighted by Gasteiger charge is -2.31. The van der Waals surface area contributed by atoms with Gasteiger partial charge in [0.1, 0.15) is 36.3 Å². The number of carboxylic acid groups (broad SMARTS) is 1. The van der Waals surface area contributed by atoms with E-state index in [9.17, 15) is 38.7 Å². The lowest BCUT2D eigenvalue weighted by atomic mass is 9.96. The second kappa shape index (κ2) is 23.0. The highest BCUT2D eigenvalue weighted by Crippen LogP contribution is 2.13. The Morgan fingerprint density at radius 2 is 0.712 bits per heavy atom. The summed E-state index contributed by atoms with van der Waals surface area (Å²) in [6, 6.07) is -7.35. The normalized spacial score (nSPS) is 15.8. The number of hydrogen-bond acceptors (Lipinski definition) is 9. The Hall–Kier alpha value is -3.79. The second-order valence-corrected chi connectivity index (χ2v) is 15.6. The lowest BCUT2D eigenvalue weighted by Crippen LogP contribution is -2.62. The number of aliphatic carboxylic acids is 1. The third-order valence-corrected chi connectivity index (χ3v) is 8.82. The molecule has 7 atom stereocenters. The molecule has 0 aliphatic rings. The first-order chi connectivity index (χ1) is 24.0. The summed E-state index contributed by atoms with van der Waals surface area (Å²) in [5.41, 5.74) is 11.5. The molecule has 0 aliphatic carbocycles. The Labute approximate surface area is 309 Å². The van der Waals surface area contributed by atoms with Gasteiger partial charge in [-0.1, -0.05) is 83.1 Å². The van der Waals surface area contributed by atoms with Crippen LogP contribution < -0.4 is 43.4 Å². The number of carbonyl (C=O) groups is 7. The molecule has 52 heavy (non-hydrogen) atoms. The van der Waals surface area contributed by atoms with Gasteiger partial charge in [-0.2, -0.15) is 0 Å². The summed E-state index contributed by atoms with van der Waals surface area (Å²) in [4.78, 5) is 91.9. The van der Waals surface area contributed by atoms with E-state index in [0.717, 1.165) is 0 Å². The minimum Gasteiger partial charge on any atom is -0.480 e. The molecular weight excluding hydrogens is 672 g/mol. The maximum Gasteiger partial charge on any atom is 0.326 e. The maximum absolute atomic E-state index is 13.7. The second-order valence-electron chi connectivity index (χ2n) is 15.6. The van der Waals surface area contributed by atoms with E-state index in [1.807, 2.05) is 0 Å². The molecule has 0 radical (unpaired) electrons. The van der Waals surface area contributed by atoms with Gasteiger partial charge in [0.2, 0.25) is 35.4 Å². The van der Waals surface area contributed by atoms with E-state index in [1.54, 1.807) is 83.1 Å². The van der Waals surface area contributed by atoms with Crippen LogP contribution >= 0.6 is 0 Å². The Balaban J connectivity index is 5.98. The Morgan fingerprint density at radius 3 is 0.942 bits per heavy atom. The van der Waals surface area contributed by atoms with Crippen molar-refractivity contribution in [3.8, 4) is 0 Å². The number of hydrogen-bond donors (Lipinski definition) is 9. The van der Waals surface area contributed by atoms with Crippen LogP contribution in [0.3, 0.4) is 0 Å². The van der Waals surface area contributed by atoms with Crippen molar-refractivity contribution in [2.24, 2.45) is 47.0 Å². The van der Waals surface area contributed by atoms with Crippen molar-refractivity contribution < 1.29 is 38.7 Å².